The van der Waals surface area contributed by atoms with E-state index in [0.717, 1.165) is 49.6 Å². The van der Waals surface area contributed by atoms with Gasteiger partial charge in [0.05, 0.1) is 5.39 Å². The Balaban J connectivity index is 1.27. The molecule has 2 aromatic heterocycles. The number of rotatable bonds is 9. The second-order valence-electron chi connectivity index (χ2n) is 10.5. The van der Waals surface area contributed by atoms with Crippen LogP contribution in [0.1, 0.15) is 55.9 Å². The summed E-state index contributed by atoms with van der Waals surface area (Å²) in [5.41, 5.74) is 2.04. The number of carbonyl (C=O) groups is 2. The molecule has 2 fully saturated rings. The third kappa shape index (κ3) is 6.51. The first-order chi connectivity index (χ1) is 18.6. The van der Waals surface area contributed by atoms with Crippen LogP contribution in [0.4, 0.5) is 5.82 Å². The fourth-order valence-corrected chi connectivity index (χ4v) is 5.58. The lowest BCUT2D eigenvalue weighted by molar-refractivity contribution is -0.118. The Labute approximate surface area is 224 Å². The van der Waals surface area contributed by atoms with Gasteiger partial charge in [0.1, 0.15) is 17.2 Å². The summed E-state index contributed by atoms with van der Waals surface area (Å²) in [5.74, 6) is 2.03. The molecule has 0 spiro atoms. The van der Waals surface area contributed by atoms with E-state index in [1.165, 1.54) is 45.4 Å². The molecule has 0 bridgehead atoms. The van der Waals surface area contributed by atoms with Crippen molar-refractivity contribution in [2.75, 3.05) is 51.1 Å². The molecule has 3 N–H and O–H groups in total. The molecule has 1 aliphatic heterocycles. The summed E-state index contributed by atoms with van der Waals surface area (Å²) in [6.45, 7) is 6.95. The van der Waals surface area contributed by atoms with Gasteiger partial charge in [0.15, 0.2) is 5.82 Å². The third-order valence-electron chi connectivity index (χ3n) is 7.78. The zero-order valence-corrected chi connectivity index (χ0v) is 22.3. The summed E-state index contributed by atoms with van der Waals surface area (Å²) in [6.07, 6.45) is 8.24. The number of fused-ring (bicyclic) bond motifs is 1. The molecule has 3 heterocycles. The smallest absolute Gasteiger partial charge is 0.270 e. The van der Waals surface area contributed by atoms with Gasteiger partial charge in [0, 0.05) is 51.8 Å². The zero-order valence-electron chi connectivity index (χ0n) is 22.3. The molecule has 9 nitrogen and oxygen atoms in total. The number of hydrogen-bond donors (Lipinski definition) is 3. The van der Waals surface area contributed by atoms with Gasteiger partial charge < -0.3 is 20.5 Å². The molecule has 1 saturated heterocycles. The average molecular weight is 518 g/mol. The van der Waals surface area contributed by atoms with Gasteiger partial charge in [-0.1, -0.05) is 62.4 Å². The van der Waals surface area contributed by atoms with Crippen LogP contribution in [0.3, 0.4) is 0 Å². The Morgan fingerprint density at radius 1 is 1.00 bits per heavy atom. The van der Waals surface area contributed by atoms with Gasteiger partial charge >= 0.3 is 0 Å². The number of piperazine rings is 1. The molecule has 0 radical (unpaired) electrons. The van der Waals surface area contributed by atoms with Gasteiger partial charge in [-0.2, -0.15) is 0 Å². The molecule has 0 atom stereocenters. The van der Waals surface area contributed by atoms with Gasteiger partial charge in [0.25, 0.3) is 5.91 Å². The number of carbonyl (C=O) groups excluding carboxylic acids is 2. The monoisotopic (exact) mass is 517 g/mol. The first-order valence-corrected chi connectivity index (χ1v) is 14.0. The molecule has 202 valence electrons. The van der Waals surface area contributed by atoms with Crippen molar-refractivity contribution in [3.63, 3.8) is 0 Å². The van der Waals surface area contributed by atoms with E-state index in [-0.39, 0.29) is 11.8 Å². The predicted molar refractivity (Wildman–Crippen MR) is 150 cm³/mol. The lowest BCUT2D eigenvalue weighted by Gasteiger charge is -2.35. The fraction of sp³-hybridized carbons (Fsp3) is 0.517. The van der Waals surface area contributed by atoms with Crippen LogP contribution >= 0.6 is 0 Å². The number of aromatic amines is 1. The summed E-state index contributed by atoms with van der Waals surface area (Å²) in [4.78, 5) is 41.9. The van der Waals surface area contributed by atoms with Gasteiger partial charge in [-0.3, -0.25) is 14.5 Å². The molecule has 1 aromatic carbocycles. The van der Waals surface area contributed by atoms with Crippen molar-refractivity contribution >= 4 is 28.7 Å². The summed E-state index contributed by atoms with van der Waals surface area (Å²) in [7, 11) is 0. The highest BCUT2D eigenvalue weighted by Gasteiger charge is 2.25. The molecule has 9 heteroatoms. The normalized spacial score (nSPS) is 17.0. The van der Waals surface area contributed by atoms with Crippen molar-refractivity contribution in [1.82, 2.24) is 30.1 Å². The van der Waals surface area contributed by atoms with Crippen molar-refractivity contribution in [3.05, 3.63) is 42.1 Å². The molecule has 2 aliphatic rings. The van der Waals surface area contributed by atoms with Crippen LogP contribution in [-0.4, -0.2) is 82.4 Å². The van der Waals surface area contributed by atoms with E-state index >= 15 is 0 Å². The molecule has 2 amide bonds. The number of H-pyrrole nitrogens is 1. The van der Waals surface area contributed by atoms with Crippen LogP contribution in [0.5, 0.6) is 0 Å². The molecule has 0 unspecified atom stereocenters. The molecule has 5 rings (SSSR count). The standard InChI is InChI=1S/C29H39N7O2/c1-21(37)30-13-14-31-27-24-20-25(32-28(24)34-26(33-27)23-10-6-3-7-11-23)29(38)36-18-16-35(17-19-36)15-12-22-8-4-2-5-9-22/h3,6-7,10-11,20,22H,2,4-5,8-9,12-19H2,1H3,(H,30,37)(H2,31,32,33,34). The Hall–Kier alpha value is -3.46. The Kier molecular flexibility index (Phi) is 8.53. The Morgan fingerprint density at radius 3 is 2.50 bits per heavy atom. The van der Waals surface area contributed by atoms with E-state index in [9.17, 15) is 9.59 Å². The molecule has 3 aromatic rings. The molecular formula is C29H39N7O2. The number of nitrogens with one attached hydrogen (secondary N) is 3. The highest BCUT2D eigenvalue weighted by atomic mass is 16.2. The molecular weight excluding hydrogens is 478 g/mol. The second-order valence-corrected chi connectivity index (χ2v) is 10.5. The summed E-state index contributed by atoms with van der Waals surface area (Å²) < 4.78 is 0. The van der Waals surface area contributed by atoms with Crippen LogP contribution in [-0.2, 0) is 4.79 Å². The predicted octanol–water partition coefficient (Wildman–Crippen LogP) is 3.90. The van der Waals surface area contributed by atoms with E-state index in [4.69, 9.17) is 9.97 Å². The van der Waals surface area contributed by atoms with E-state index in [0.29, 0.717) is 36.1 Å². The SMILES string of the molecule is CC(=O)NCCNc1nc(-c2ccccc2)nc2[nH]c(C(=O)N3CCN(CCC4CCCCC4)CC3)cc12. The maximum absolute atomic E-state index is 13.4. The van der Waals surface area contributed by atoms with E-state index in [1.54, 1.807) is 0 Å². The minimum Gasteiger partial charge on any atom is -0.368 e. The number of nitrogens with zero attached hydrogens (tertiary/aromatic N) is 4. The van der Waals surface area contributed by atoms with Crippen molar-refractivity contribution in [3.8, 4) is 11.4 Å². The fourth-order valence-electron chi connectivity index (χ4n) is 5.58. The maximum Gasteiger partial charge on any atom is 0.270 e. The summed E-state index contributed by atoms with van der Waals surface area (Å²) in [5, 5.41) is 6.87. The minimum absolute atomic E-state index is 0.000359. The maximum atomic E-state index is 13.4. The second kappa shape index (κ2) is 12.4. The highest BCUT2D eigenvalue weighted by Crippen LogP contribution is 2.28. The number of benzene rings is 1. The van der Waals surface area contributed by atoms with E-state index in [1.807, 2.05) is 41.3 Å². The lowest BCUT2D eigenvalue weighted by atomic mass is 9.87. The van der Waals surface area contributed by atoms with Gasteiger partial charge in [-0.05, 0) is 24.9 Å². The molecule has 38 heavy (non-hydrogen) atoms. The van der Waals surface area contributed by atoms with Crippen molar-refractivity contribution in [2.45, 2.75) is 45.4 Å². The van der Waals surface area contributed by atoms with E-state index < -0.39 is 0 Å². The van der Waals surface area contributed by atoms with E-state index in [2.05, 4.69) is 20.5 Å². The van der Waals surface area contributed by atoms with Crippen molar-refractivity contribution < 1.29 is 9.59 Å². The third-order valence-corrected chi connectivity index (χ3v) is 7.78. The van der Waals surface area contributed by atoms with Crippen LogP contribution in [0.15, 0.2) is 36.4 Å². The number of aromatic nitrogens is 3. The highest BCUT2D eigenvalue weighted by molar-refractivity contribution is 6.00. The lowest BCUT2D eigenvalue weighted by Crippen LogP contribution is -2.49. The quantitative estimate of drug-likeness (QED) is 0.372. The Bertz CT molecular complexity index is 1230. The summed E-state index contributed by atoms with van der Waals surface area (Å²) in [6, 6.07) is 11.6. The van der Waals surface area contributed by atoms with Gasteiger partial charge in [0.2, 0.25) is 5.91 Å². The first-order valence-electron chi connectivity index (χ1n) is 14.0. The number of hydrogen-bond acceptors (Lipinski definition) is 6. The largest absolute Gasteiger partial charge is 0.368 e. The van der Waals surface area contributed by atoms with Gasteiger partial charge in [-0.25, -0.2) is 9.97 Å². The number of anilines is 1. The average Bonchev–Trinajstić information content (AvgIpc) is 3.39. The van der Waals surface area contributed by atoms with Crippen molar-refractivity contribution in [1.29, 1.82) is 0 Å². The topological polar surface area (TPSA) is 106 Å². The van der Waals surface area contributed by atoms with Crippen LogP contribution in [0.25, 0.3) is 22.4 Å². The van der Waals surface area contributed by atoms with Gasteiger partial charge in [-0.15, -0.1) is 0 Å². The van der Waals surface area contributed by atoms with Crippen LogP contribution in [0.2, 0.25) is 0 Å². The summed E-state index contributed by atoms with van der Waals surface area (Å²) >= 11 is 0. The first kappa shape index (κ1) is 26.2. The molecule has 1 aliphatic carbocycles. The van der Waals surface area contributed by atoms with Crippen molar-refractivity contribution in [2.24, 2.45) is 5.92 Å². The van der Waals surface area contributed by atoms with Crippen LogP contribution < -0.4 is 10.6 Å². The van der Waals surface area contributed by atoms with Crippen LogP contribution in [0, 0.1) is 5.92 Å². The minimum atomic E-state index is -0.0757. The Morgan fingerprint density at radius 2 is 1.76 bits per heavy atom. The zero-order chi connectivity index (χ0) is 26.3. The molecule has 1 saturated carbocycles. The number of amides is 2.